The molecule has 0 heterocycles. The quantitative estimate of drug-likeness (QED) is 0.696. The minimum absolute atomic E-state index is 0.0867. The van der Waals surface area contributed by atoms with Crippen molar-refractivity contribution >= 4 is 17.5 Å². The topological polar surface area (TPSA) is 84.4 Å². The van der Waals surface area contributed by atoms with Gasteiger partial charge in [-0.05, 0) is 65.2 Å². The smallest absolute Gasteiger partial charge is 0.405 e. The first-order valence-corrected chi connectivity index (χ1v) is 8.43. The van der Waals surface area contributed by atoms with Crippen molar-refractivity contribution < 1.29 is 14.5 Å². The van der Waals surface area contributed by atoms with Crippen LogP contribution in [-0.2, 0) is 11.4 Å². The standard InChI is InChI=1S/C14H26N2O3S/c1-10(16-20(19)12(2,3)4)13-5-7-14(9-13,8-6-13)15-11(17)18/h10,15-16H,5-9H2,1-4H3,(H,17,18). The van der Waals surface area contributed by atoms with E-state index in [1.807, 2.05) is 20.8 Å². The van der Waals surface area contributed by atoms with Gasteiger partial charge in [0.25, 0.3) is 0 Å². The molecule has 5 nitrogen and oxygen atoms in total. The van der Waals surface area contributed by atoms with Crippen LogP contribution in [0.15, 0.2) is 0 Å². The van der Waals surface area contributed by atoms with Gasteiger partial charge >= 0.3 is 6.09 Å². The Labute approximate surface area is 124 Å². The first-order valence-electron chi connectivity index (χ1n) is 7.28. The highest BCUT2D eigenvalue weighted by Crippen LogP contribution is 2.58. The van der Waals surface area contributed by atoms with Gasteiger partial charge in [-0.1, -0.05) is 0 Å². The van der Waals surface area contributed by atoms with Crippen LogP contribution in [-0.4, -0.2) is 32.1 Å². The normalized spacial score (nSPS) is 35.9. The lowest BCUT2D eigenvalue weighted by Gasteiger charge is -2.36. The van der Waals surface area contributed by atoms with Crippen LogP contribution in [0.4, 0.5) is 4.79 Å². The van der Waals surface area contributed by atoms with Gasteiger partial charge in [-0.3, -0.25) is 0 Å². The number of hydrogen-bond acceptors (Lipinski definition) is 3. The molecule has 20 heavy (non-hydrogen) atoms. The van der Waals surface area contributed by atoms with Crippen LogP contribution in [0, 0.1) is 5.41 Å². The van der Waals surface area contributed by atoms with Crippen LogP contribution < -0.4 is 10.0 Å². The largest absolute Gasteiger partial charge is 0.598 e. The molecule has 2 unspecified atom stereocenters. The van der Waals surface area contributed by atoms with Crippen LogP contribution >= 0.6 is 0 Å². The number of carboxylic acid groups (broad SMARTS) is 1. The molecule has 2 atom stereocenters. The number of rotatable bonds is 4. The zero-order chi connectivity index (χ0) is 15.2. The van der Waals surface area contributed by atoms with Crippen LogP contribution in [0.3, 0.4) is 0 Å². The second-order valence-electron chi connectivity index (χ2n) is 7.47. The maximum Gasteiger partial charge on any atom is 0.405 e. The molecule has 0 aromatic heterocycles. The summed E-state index contributed by atoms with van der Waals surface area (Å²) >= 11 is -1.08. The molecule has 0 radical (unpaired) electrons. The fraction of sp³-hybridized carbons (Fsp3) is 0.929. The molecular weight excluding hydrogens is 276 g/mol. The summed E-state index contributed by atoms with van der Waals surface area (Å²) in [6.45, 7) is 7.96. The molecule has 0 saturated heterocycles. The van der Waals surface area contributed by atoms with Crippen molar-refractivity contribution in [1.82, 2.24) is 10.0 Å². The van der Waals surface area contributed by atoms with Gasteiger partial charge in [0.1, 0.15) is 4.75 Å². The highest BCUT2D eigenvalue weighted by molar-refractivity contribution is 7.90. The Kier molecular flexibility index (Phi) is 4.04. The summed E-state index contributed by atoms with van der Waals surface area (Å²) in [6, 6.07) is 0.141. The Balaban J connectivity index is 2.02. The van der Waals surface area contributed by atoms with Gasteiger partial charge in [0.05, 0.1) is 6.04 Å². The zero-order valence-electron chi connectivity index (χ0n) is 12.8. The summed E-state index contributed by atoms with van der Waals surface area (Å²) in [7, 11) is 0. The molecule has 3 N–H and O–H groups in total. The molecule has 6 heteroatoms. The first kappa shape index (κ1) is 15.9. The van der Waals surface area contributed by atoms with Crippen LogP contribution in [0.1, 0.15) is 59.8 Å². The van der Waals surface area contributed by atoms with Gasteiger partial charge in [0, 0.05) is 16.9 Å². The van der Waals surface area contributed by atoms with E-state index in [2.05, 4.69) is 17.0 Å². The summed E-state index contributed by atoms with van der Waals surface area (Å²) in [5, 5.41) is 11.7. The lowest BCUT2D eigenvalue weighted by Crippen LogP contribution is -2.49. The molecular formula is C14H26N2O3S. The van der Waals surface area contributed by atoms with E-state index < -0.39 is 17.5 Å². The van der Waals surface area contributed by atoms with E-state index in [1.165, 1.54) is 0 Å². The molecule has 2 aliphatic rings. The van der Waals surface area contributed by atoms with Gasteiger partial charge in [-0.25, -0.2) is 4.79 Å². The number of amides is 1. The Morgan fingerprint density at radius 1 is 1.30 bits per heavy atom. The van der Waals surface area contributed by atoms with Gasteiger partial charge in [-0.15, -0.1) is 4.72 Å². The van der Waals surface area contributed by atoms with Gasteiger partial charge in [0.2, 0.25) is 0 Å². The predicted molar refractivity (Wildman–Crippen MR) is 79.9 cm³/mol. The first-order chi connectivity index (χ1) is 9.09. The van der Waals surface area contributed by atoms with Crippen LogP contribution in [0.2, 0.25) is 0 Å². The van der Waals surface area contributed by atoms with Crippen LogP contribution in [0.25, 0.3) is 0 Å². The minimum Gasteiger partial charge on any atom is -0.598 e. The van der Waals surface area contributed by atoms with Crippen molar-refractivity contribution in [1.29, 1.82) is 0 Å². The molecule has 116 valence electrons. The van der Waals surface area contributed by atoms with E-state index in [-0.39, 0.29) is 21.7 Å². The molecule has 0 spiro atoms. The van der Waals surface area contributed by atoms with Crippen molar-refractivity contribution in [2.45, 2.75) is 76.1 Å². The summed E-state index contributed by atoms with van der Waals surface area (Å²) in [6.07, 6.45) is 3.73. The average Bonchev–Trinajstić information content (AvgIpc) is 2.83. The van der Waals surface area contributed by atoms with Gasteiger partial charge in [0.15, 0.2) is 0 Å². The predicted octanol–water partition coefficient (Wildman–Crippen LogP) is 2.40. The molecule has 0 aliphatic heterocycles. The third kappa shape index (κ3) is 2.92. The Morgan fingerprint density at radius 2 is 1.85 bits per heavy atom. The molecule has 0 aromatic carbocycles. The SMILES string of the molecule is CC(N[S+]([O-])C(C)(C)C)C12CCC(NC(=O)O)(CC1)C2. The number of carbonyl (C=O) groups is 1. The maximum atomic E-state index is 12.3. The fourth-order valence-corrected chi connectivity index (χ4v) is 4.62. The van der Waals surface area contributed by atoms with E-state index in [9.17, 15) is 9.35 Å². The summed E-state index contributed by atoms with van der Waals surface area (Å²) in [5.41, 5.74) is -0.158. The van der Waals surface area contributed by atoms with Crippen molar-refractivity contribution in [3.8, 4) is 0 Å². The monoisotopic (exact) mass is 302 g/mol. The lowest BCUT2D eigenvalue weighted by atomic mass is 9.78. The highest BCUT2D eigenvalue weighted by Gasteiger charge is 2.58. The molecule has 2 aliphatic carbocycles. The van der Waals surface area contributed by atoms with Gasteiger partial charge in [-0.2, -0.15) is 0 Å². The van der Waals surface area contributed by atoms with Crippen molar-refractivity contribution in [2.75, 3.05) is 0 Å². The van der Waals surface area contributed by atoms with E-state index >= 15 is 0 Å². The third-order valence-electron chi connectivity index (χ3n) is 5.02. The van der Waals surface area contributed by atoms with E-state index in [0.29, 0.717) is 0 Å². The van der Waals surface area contributed by atoms with Crippen molar-refractivity contribution in [2.24, 2.45) is 5.41 Å². The molecule has 2 rings (SSSR count). The minimum atomic E-state index is -1.08. The van der Waals surface area contributed by atoms with E-state index in [1.54, 1.807) is 0 Å². The second-order valence-corrected chi connectivity index (χ2v) is 9.47. The Hall–Kier alpha value is -0.460. The summed E-state index contributed by atoms with van der Waals surface area (Å²) < 4.78 is 15.2. The number of fused-ring (bicyclic) bond motifs is 2. The molecule has 2 fully saturated rings. The average molecular weight is 302 g/mol. The summed E-state index contributed by atoms with van der Waals surface area (Å²) in [4.78, 5) is 10.9. The summed E-state index contributed by atoms with van der Waals surface area (Å²) in [5.74, 6) is 0. The Morgan fingerprint density at radius 3 is 2.30 bits per heavy atom. The van der Waals surface area contributed by atoms with Crippen molar-refractivity contribution in [3.05, 3.63) is 0 Å². The molecule has 1 amide bonds. The molecule has 2 saturated carbocycles. The van der Waals surface area contributed by atoms with Gasteiger partial charge < -0.3 is 15.0 Å². The second kappa shape index (κ2) is 5.07. The number of hydrogen-bond donors (Lipinski definition) is 3. The fourth-order valence-electron chi connectivity index (χ4n) is 3.70. The molecule has 2 bridgehead atoms. The lowest BCUT2D eigenvalue weighted by molar-refractivity contribution is 0.177. The third-order valence-corrected chi connectivity index (χ3v) is 6.70. The number of nitrogens with one attached hydrogen (secondary N) is 2. The van der Waals surface area contributed by atoms with Crippen LogP contribution in [0.5, 0.6) is 0 Å². The van der Waals surface area contributed by atoms with Crippen molar-refractivity contribution in [3.63, 3.8) is 0 Å². The maximum absolute atomic E-state index is 12.3. The zero-order valence-corrected chi connectivity index (χ0v) is 13.6. The molecule has 0 aromatic rings. The van der Waals surface area contributed by atoms with E-state index in [4.69, 9.17) is 5.11 Å². The van der Waals surface area contributed by atoms with E-state index in [0.717, 1.165) is 32.1 Å². The highest BCUT2D eigenvalue weighted by atomic mass is 32.2. The Bertz CT molecular complexity index is 386.